The lowest BCUT2D eigenvalue weighted by molar-refractivity contribution is -0.117. The number of carbonyl (C=O) groups excluding carboxylic acids is 1. The first-order chi connectivity index (χ1) is 12.6. The summed E-state index contributed by atoms with van der Waals surface area (Å²) in [6, 6.07) is 0.282. The summed E-state index contributed by atoms with van der Waals surface area (Å²) in [6.07, 6.45) is 5.76. The number of fused-ring (bicyclic) bond motifs is 1. The van der Waals surface area contributed by atoms with Crippen LogP contribution in [-0.2, 0) is 11.2 Å². The maximum absolute atomic E-state index is 12.5. The molecule has 1 unspecified atom stereocenters. The largest absolute Gasteiger partial charge is 0.463 e. The summed E-state index contributed by atoms with van der Waals surface area (Å²) in [7, 11) is 0. The maximum atomic E-state index is 12.5. The number of piperidine rings is 1. The second-order valence-corrected chi connectivity index (χ2v) is 7.31. The van der Waals surface area contributed by atoms with Gasteiger partial charge in [-0.3, -0.25) is 9.69 Å². The first kappa shape index (κ1) is 18.9. The van der Waals surface area contributed by atoms with Crippen LogP contribution in [0.15, 0.2) is 0 Å². The van der Waals surface area contributed by atoms with Crippen molar-refractivity contribution in [2.75, 3.05) is 43.4 Å². The Kier molecular flexibility index (Phi) is 6.29. The van der Waals surface area contributed by atoms with Crippen LogP contribution >= 0.6 is 0 Å². The number of likely N-dealkylation sites (tertiary alicyclic amines) is 1. The topological polar surface area (TPSA) is 84.6 Å². The number of amides is 1. The third kappa shape index (κ3) is 4.26. The second-order valence-electron chi connectivity index (χ2n) is 7.31. The number of unbranched alkanes of at least 4 members (excludes halogenated alkanes) is 1. The lowest BCUT2D eigenvalue weighted by Crippen LogP contribution is -2.37. The number of hydrogen-bond acceptors (Lipinski definition) is 6. The van der Waals surface area contributed by atoms with Gasteiger partial charge in [0.2, 0.25) is 5.91 Å². The minimum Gasteiger partial charge on any atom is -0.463 e. The molecule has 0 bridgehead atoms. The fourth-order valence-electron chi connectivity index (χ4n) is 3.81. The van der Waals surface area contributed by atoms with Crippen molar-refractivity contribution in [1.82, 2.24) is 14.9 Å². The Hall–Kier alpha value is -1.89. The number of hydrogen-bond donors (Lipinski definition) is 1. The van der Waals surface area contributed by atoms with E-state index < -0.39 is 0 Å². The number of rotatable bonds is 8. The van der Waals surface area contributed by atoms with Crippen molar-refractivity contribution in [2.24, 2.45) is 5.92 Å². The van der Waals surface area contributed by atoms with Crippen molar-refractivity contribution >= 4 is 17.5 Å². The summed E-state index contributed by atoms with van der Waals surface area (Å²) >= 11 is 0. The van der Waals surface area contributed by atoms with Crippen molar-refractivity contribution in [3.8, 4) is 6.01 Å². The van der Waals surface area contributed by atoms with Crippen LogP contribution in [0.25, 0.3) is 0 Å². The van der Waals surface area contributed by atoms with E-state index in [4.69, 9.17) is 10.5 Å². The maximum Gasteiger partial charge on any atom is 0.320 e. The van der Waals surface area contributed by atoms with Gasteiger partial charge in [-0.15, -0.1) is 0 Å². The third-order valence-electron chi connectivity index (χ3n) is 5.42. The molecule has 3 rings (SSSR count). The molecule has 7 nitrogen and oxygen atoms in total. The molecule has 1 saturated heterocycles. The van der Waals surface area contributed by atoms with E-state index in [9.17, 15) is 4.79 Å². The van der Waals surface area contributed by atoms with E-state index in [1.807, 2.05) is 0 Å². The number of nitrogen functional groups attached to an aromatic ring is 1. The number of anilines is 2. The summed E-state index contributed by atoms with van der Waals surface area (Å²) in [5, 5.41) is 0. The Bertz CT molecular complexity index is 637. The monoisotopic (exact) mass is 361 g/mol. The summed E-state index contributed by atoms with van der Waals surface area (Å²) < 4.78 is 5.61. The zero-order valence-electron chi connectivity index (χ0n) is 16.0. The van der Waals surface area contributed by atoms with Gasteiger partial charge in [-0.05, 0) is 44.7 Å². The molecule has 1 amide bonds. The van der Waals surface area contributed by atoms with Crippen LogP contribution in [-0.4, -0.2) is 53.6 Å². The fourth-order valence-corrected chi connectivity index (χ4v) is 3.81. The molecule has 144 valence electrons. The average Bonchev–Trinajstić information content (AvgIpc) is 2.96. The Morgan fingerprint density at radius 2 is 2.15 bits per heavy atom. The normalized spacial score (nSPS) is 20.5. The molecule has 0 spiro atoms. The van der Waals surface area contributed by atoms with Crippen LogP contribution in [0.5, 0.6) is 6.01 Å². The van der Waals surface area contributed by atoms with Crippen LogP contribution in [0, 0.1) is 5.92 Å². The average molecular weight is 361 g/mol. The van der Waals surface area contributed by atoms with Crippen LogP contribution in [0.4, 0.5) is 11.6 Å². The number of nitrogens with zero attached hydrogens (tertiary/aromatic N) is 4. The predicted octanol–water partition coefficient (Wildman–Crippen LogP) is 2.25. The third-order valence-corrected chi connectivity index (χ3v) is 5.42. The molecule has 1 aromatic rings. The molecule has 3 heterocycles. The van der Waals surface area contributed by atoms with Gasteiger partial charge in [0.25, 0.3) is 0 Å². The van der Waals surface area contributed by atoms with E-state index in [0.717, 1.165) is 37.9 Å². The molecule has 2 N–H and O–H groups in total. The highest BCUT2D eigenvalue weighted by Gasteiger charge is 2.32. The second kappa shape index (κ2) is 8.66. The molecule has 1 atom stereocenters. The van der Waals surface area contributed by atoms with Gasteiger partial charge in [0.1, 0.15) is 11.6 Å². The zero-order chi connectivity index (χ0) is 18.5. The standard InChI is InChI=1S/C19H31N5O2/c1-3-5-11-26-19-21-17(20)15-12-16(25)24(18(15)22-19)10-8-14-7-6-9-23(4-2)13-14/h14H,3-13H2,1-2H3,(H2,20,21,22). The number of ether oxygens (including phenoxy) is 1. The molecule has 0 saturated carbocycles. The van der Waals surface area contributed by atoms with E-state index >= 15 is 0 Å². The number of carbonyl (C=O) groups is 1. The van der Waals surface area contributed by atoms with Crippen LogP contribution in [0.2, 0.25) is 0 Å². The number of aromatic nitrogens is 2. The van der Waals surface area contributed by atoms with Crippen LogP contribution in [0.3, 0.4) is 0 Å². The molecular formula is C19H31N5O2. The highest BCUT2D eigenvalue weighted by Crippen LogP contribution is 2.33. The molecule has 0 radical (unpaired) electrons. The summed E-state index contributed by atoms with van der Waals surface area (Å²) in [5.74, 6) is 1.72. The minimum absolute atomic E-state index is 0.0647. The zero-order valence-corrected chi connectivity index (χ0v) is 16.0. The van der Waals surface area contributed by atoms with Gasteiger partial charge in [0.05, 0.1) is 13.0 Å². The van der Waals surface area contributed by atoms with Crippen molar-refractivity contribution in [1.29, 1.82) is 0 Å². The fraction of sp³-hybridized carbons (Fsp3) is 0.737. The van der Waals surface area contributed by atoms with Crippen LogP contribution < -0.4 is 15.4 Å². The van der Waals surface area contributed by atoms with Gasteiger partial charge in [-0.1, -0.05) is 20.3 Å². The van der Waals surface area contributed by atoms with Gasteiger partial charge in [0, 0.05) is 18.7 Å². The van der Waals surface area contributed by atoms with E-state index in [1.54, 1.807) is 4.90 Å². The van der Waals surface area contributed by atoms with Crippen molar-refractivity contribution < 1.29 is 9.53 Å². The minimum atomic E-state index is 0.0647. The van der Waals surface area contributed by atoms with Gasteiger partial charge in [-0.25, -0.2) is 0 Å². The Morgan fingerprint density at radius 1 is 1.31 bits per heavy atom. The number of nitrogens with two attached hydrogens (primary N) is 1. The smallest absolute Gasteiger partial charge is 0.320 e. The molecule has 0 aromatic carbocycles. The molecule has 26 heavy (non-hydrogen) atoms. The van der Waals surface area contributed by atoms with Crippen LogP contribution in [0.1, 0.15) is 51.5 Å². The molecule has 1 aromatic heterocycles. The van der Waals surface area contributed by atoms with E-state index in [2.05, 4.69) is 28.7 Å². The molecule has 7 heteroatoms. The van der Waals surface area contributed by atoms with Crippen molar-refractivity contribution in [3.05, 3.63) is 5.56 Å². The van der Waals surface area contributed by atoms with E-state index in [0.29, 0.717) is 37.1 Å². The van der Waals surface area contributed by atoms with Gasteiger partial charge in [0.15, 0.2) is 0 Å². The quantitative estimate of drug-likeness (QED) is 0.715. The lowest BCUT2D eigenvalue weighted by atomic mass is 9.94. The van der Waals surface area contributed by atoms with E-state index in [-0.39, 0.29) is 11.9 Å². The molecule has 1 fully saturated rings. The Labute approximate surface area is 155 Å². The molecule has 2 aliphatic heterocycles. The summed E-state index contributed by atoms with van der Waals surface area (Å²) in [5.41, 5.74) is 6.81. The lowest BCUT2D eigenvalue weighted by Gasteiger charge is -2.32. The Morgan fingerprint density at radius 3 is 2.92 bits per heavy atom. The SMILES string of the molecule is CCCCOc1nc(N)c2c(n1)N(CCC1CCCN(CC)C1)C(=O)C2. The molecule has 2 aliphatic rings. The summed E-state index contributed by atoms with van der Waals surface area (Å²) in [6.45, 7) is 9.00. The van der Waals surface area contributed by atoms with Crippen molar-refractivity contribution in [2.45, 2.75) is 52.4 Å². The van der Waals surface area contributed by atoms with Gasteiger partial charge < -0.3 is 15.4 Å². The van der Waals surface area contributed by atoms with Crippen molar-refractivity contribution in [3.63, 3.8) is 0 Å². The molecule has 0 aliphatic carbocycles. The van der Waals surface area contributed by atoms with Gasteiger partial charge in [-0.2, -0.15) is 9.97 Å². The first-order valence-corrected chi connectivity index (χ1v) is 9.94. The highest BCUT2D eigenvalue weighted by molar-refractivity contribution is 6.01. The Balaban J connectivity index is 1.67. The first-order valence-electron chi connectivity index (χ1n) is 9.94. The molecular weight excluding hydrogens is 330 g/mol. The predicted molar refractivity (Wildman–Crippen MR) is 102 cm³/mol. The summed E-state index contributed by atoms with van der Waals surface area (Å²) in [4.78, 5) is 25.5. The van der Waals surface area contributed by atoms with E-state index in [1.165, 1.54) is 19.4 Å². The van der Waals surface area contributed by atoms with Gasteiger partial charge >= 0.3 is 6.01 Å². The highest BCUT2D eigenvalue weighted by atomic mass is 16.5.